The van der Waals surface area contributed by atoms with Crippen LogP contribution in [0, 0.1) is 11.8 Å². The average molecular weight is 164 g/mol. The third-order valence-electron chi connectivity index (χ3n) is 2.94. The Morgan fingerprint density at radius 1 is 1.50 bits per heavy atom. The fourth-order valence-electron chi connectivity index (χ4n) is 2.28. The Balaban J connectivity index is 2.63. The minimum absolute atomic E-state index is 0.805. The van der Waals surface area contributed by atoms with Gasteiger partial charge in [-0.15, -0.1) is 0 Å². The molecule has 0 saturated heterocycles. The fourth-order valence-corrected chi connectivity index (χ4v) is 2.28. The van der Waals surface area contributed by atoms with E-state index >= 15 is 0 Å². The molecule has 12 heavy (non-hydrogen) atoms. The lowest BCUT2D eigenvalue weighted by Crippen LogP contribution is -1.99. The molecule has 0 spiro atoms. The molecule has 0 amide bonds. The minimum atomic E-state index is 0.805. The van der Waals surface area contributed by atoms with Gasteiger partial charge in [0.25, 0.3) is 0 Å². The van der Waals surface area contributed by atoms with Crippen LogP contribution in [0.2, 0.25) is 0 Å². The summed E-state index contributed by atoms with van der Waals surface area (Å²) in [4.78, 5) is 0. The van der Waals surface area contributed by atoms with Crippen molar-refractivity contribution in [3.63, 3.8) is 0 Å². The molecule has 0 aromatic rings. The Kier molecular flexibility index (Phi) is 3.58. The van der Waals surface area contributed by atoms with Gasteiger partial charge in [-0.1, -0.05) is 44.6 Å². The van der Waals surface area contributed by atoms with E-state index in [0.717, 1.165) is 11.8 Å². The Morgan fingerprint density at radius 2 is 2.25 bits per heavy atom. The van der Waals surface area contributed by atoms with E-state index in [9.17, 15) is 0 Å². The van der Waals surface area contributed by atoms with Gasteiger partial charge >= 0.3 is 0 Å². The summed E-state index contributed by atoms with van der Waals surface area (Å²) >= 11 is 0. The highest BCUT2D eigenvalue weighted by atomic mass is 14.3. The standard InChI is InChI=1S/C12H20/c1-4-6-11-9-8-10(3)12(11)7-5-2/h5,7,10-11H,2,4,6,8-9H2,1,3H3/b12-7-. The molecule has 0 nitrogen and oxygen atoms in total. The van der Waals surface area contributed by atoms with Crippen molar-refractivity contribution in [3.8, 4) is 0 Å². The predicted octanol–water partition coefficient (Wildman–Crippen LogP) is 3.95. The van der Waals surface area contributed by atoms with Crippen LogP contribution < -0.4 is 0 Å². The summed E-state index contributed by atoms with van der Waals surface area (Å²) in [7, 11) is 0. The highest BCUT2D eigenvalue weighted by Crippen LogP contribution is 2.38. The Labute approximate surface area is 76.4 Å². The molecule has 0 heterocycles. The van der Waals surface area contributed by atoms with Gasteiger partial charge in [-0.3, -0.25) is 0 Å². The van der Waals surface area contributed by atoms with Crippen molar-refractivity contribution in [1.29, 1.82) is 0 Å². The maximum Gasteiger partial charge on any atom is -0.0197 e. The second-order valence-corrected chi connectivity index (χ2v) is 3.87. The lowest BCUT2D eigenvalue weighted by atomic mass is 9.94. The van der Waals surface area contributed by atoms with Crippen LogP contribution >= 0.6 is 0 Å². The Hall–Kier alpha value is -0.520. The van der Waals surface area contributed by atoms with Crippen molar-refractivity contribution >= 4 is 0 Å². The summed E-state index contributed by atoms with van der Waals surface area (Å²) in [6.07, 6.45) is 9.63. The SMILES string of the molecule is C=C/C=C1/C(C)CCC1CCC. The molecule has 2 atom stereocenters. The van der Waals surface area contributed by atoms with E-state index in [0.29, 0.717) is 0 Å². The first-order chi connectivity index (χ1) is 5.79. The van der Waals surface area contributed by atoms with Gasteiger partial charge in [0.2, 0.25) is 0 Å². The zero-order valence-corrected chi connectivity index (χ0v) is 8.34. The predicted molar refractivity (Wildman–Crippen MR) is 55.1 cm³/mol. The number of hydrogen-bond acceptors (Lipinski definition) is 0. The molecular weight excluding hydrogens is 144 g/mol. The van der Waals surface area contributed by atoms with E-state index in [1.165, 1.54) is 25.7 Å². The maximum atomic E-state index is 3.78. The van der Waals surface area contributed by atoms with Gasteiger partial charge in [-0.25, -0.2) is 0 Å². The first-order valence-electron chi connectivity index (χ1n) is 5.12. The summed E-state index contributed by atoms with van der Waals surface area (Å²) in [5.41, 5.74) is 1.65. The second-order valence-electron chi connectivity index (χ2n) is 3.87. The molecule has 68 valence electrons. The minimum Gasteiger partial charge on any atom is -0.0991 e. The fraction of sp³-hybridized carbons (Fsp3) is 0.667. The third kappa shape index (κ3) is 2.00. The van der Waals surface area contributed by atoms with E-state index in [1.54, 1.807) is 5.57 Å². The van der Waals surface area contributed by atoms with Gasteiger partial charge in [0.1, 0.15) is 0 Å². The highest BCUT2D eigenvalue weighted by molar-refractivity contribution is 5.19. The molecule has 0 aliphatic heterocycles. The van der Waals surface area contributed by atoms with Crippen LogP contribution in [0.1, 0.15) is 39.5 Å². The first-order valence-corrected chi connectivity index (χ1v) is 5.12. The van der Waals surface area contributed by atoms with E-state index in [2.05, 4.69) is 26.5 Å². The van der Waals surface area contributed by atoms with Gasteiger partial charge in [0.05, 0.1) is 0 Å². The molecule has 1 rings (SSSR count). The summed E-state index contributed by atoms with van der Waals surface area (Å²) in [6, 6.07) is 0. The van der Waals surface area contributed by atoms with Crippen LogP contribution in [0.15, 0.2) is 24.3 Å². The lowest BCUT2D eigenvalue weighted by Gasteiger charge is -2.12. The molecular formula is C12H20. The molecule has 1 saturated carbocycles. The molecule has 0 aromatic carbocycles. The molecule has 1 aliphatic rings. The summed E-state index contributed by atoms with van der Waals surface area (Å²) in [6.45, 7) is 8.39. The van der Waals surface area contributed by atoms with Crippen molar-refractivity contribution in [2.24, 2.45) is 11.8 Å². The zero-order valence-electron chi connectivity index (χ0n) is 8.34. The zero-order chi connectivity index (χ0) is 8.97. The average Bonchev–Trinajstić information content (AvgIpc) is 2.37. The van der Waals surface area contributed by atoms with E-state index in [4.69, 9.17) is 0 Å². The van der Waals surface area contributed by atoms with Gasteiger partial charge in [-0.05, 0) is 31.1 Å². The summed E-state index contributed by atoms with van der Waals surface area (Å²) < 4.78 is 0. The Bertz CT molecular complexity index is 174. The summed E-state index contributed by atoms with van der Waals surface area (Å²) in [5, 5.41) is 0. The van der Waals surface area contributed by atoms with Crippen molar-refractivity contribution in [3.05, 3.63) is 24.3 Å². The third-order valence-corrected chi connectivity index (χ3v) is 2.94. The number of rotatable bonds is 3. The highest BCUT2D eigenvalue weighted by Gasteiger charge is 2.25. The number of allylic oxidation sites excluding steroid dienone is 3. The molecule has 0 heteroatoms. The van der Waals surface area contributed by atoms with Crippen LogP contribution in [0.4, 0.5) is 0 Å². The van der Waals surface area contributed by atoms with E-state index in [-0.39, 0.29) is 0 Å². The van der Waals surface area contributed by atoms with Crippen molar-refractivity contribution in [1.82, 2.24) is 0 Å². The van der Waals surface area contributed by atoms with Gasteiger partial charge in [-0.2, -0.15) is 0 Å². The quantitative estimate of drug-likeness (QED) is 0.592. The smallest absolute Gasteiger partial charge is 0.0197 e. The monoisotopic (exact) mass is 164 g/mol. The molecule has 0 radical (unpaired) electrons. The van der Waals surface area contributed by atoms with Crippen molar-refractivity contribution in [2.45, 2.75) is 39.5 Å². The van der Waals surface area contributed by atoms with Gasteiger partial charge < -0.3 is 0 Å². The molecule has 2 unspecified atom stereocenters. The van der Waals surface area contributed by atoms with E-state index in [1.807, 2.05) is 6.08 Å². The van der Waals surface area contributed by atoms with Crippen LogP contribution in [-0.2, 0) is 0 Å². The maximum absolute atomic E-state index is 3.78. The normalized spacial score (nSPS) is 32.7. The first kappa shape index (κ1) is 9.57. The molecule has 0 aromatic heterocycles. The Morgan fingerprint density at radius 3 is 2.83 bits per heavy atom. The molecule has 0 N–H and O–H groups in total. The topological polar surface area (TPSA) is 0 Å². The molecule has 1 fully saturated rings. The number of hydrogen-bond donors (Lipinski definition) is 0. The van der Waals surface area contributed by atoms with E-state index < -0.39 is 0 Å². The van der Waals surface area contributed by atoms with Gasteiger partial charge in [0.15, 0.2) is 0 Å². The van der Waals surface area contributed by atoms with Crippen LogP contribution in [-0.4, -0.2) is 0 Å². The largest absolute Gasteiger partial charge is 0.0991 e. The van der Waals surface area contributed by atoms with Crippen molar-refractivity contribution in [2.75, 3.05) is 0 Å². The summed E-state index contributed by atoms with van der Waals surface area (Å²) in [5.74, 6) is 1.67. The lowest BCUT2D eigenvalue weighted by molar-refractivity contribution is 0.563. The molecule has 0 bridgehead atoms. The van der Waals surface area contributed by atoms with Crippen LogP contribution in [0.5, 0.6) is 0 Å². The van der Waals surface area contributed by atoms with Crippen molar-refractivity contribution < 1.29 is 0 Å². The van der Waals surface area contributed by atoms with Crippen LogP contribution in [0.25, 0.3) is 0 Å². The van der Waals surface area contributed by atoms with Crippen LogP contribution in [0.3, 0.4) is 0 Å². The molecule has 1 aliphatic carbocycles. The second kappa shape index (κ2) is 4.49. The van der Waals surface area contributed by atoms with Gasteiger partial charge in [0, 0.05) is 0 Å².